The molecule has 98 valence electrons. The summed E-state index contributed by atoms with van der Waals surface area (Å²) in [5, 5.41) is 3.33. The Morgan fingerprint density at radius 1 is 1.37 bits per heavy atom. The molecule has 0 aliphatic heterocycles. The molecule has 1 heterocycles. The molecule has 8 heteroatoms. The van der Waals surface area contributed by atoms with E-state index in [1.54, 1.807) is 32.4 Å². The number of rotatable bonds is 2. The summed E-state index contributed by atoms with van der Waals surface area (Å²) in [6.07, 6.45) is -2.97. The highest BCUT2D eigenvalue weighted by atomic mass is 19.4. The van der Waals surface area contributed by atoms with Crippen molar-refractivity contribution in [3.63, 3.8) is 0 Å². The average molecular weight is 267 g/mol. The van der Waals surface area contributed by atoms with E-state index in [0.29, 0.717) is 5.56 Å². The van der Waals surface area contributed by atoms with Crippen molar-refractivity contribution in [1.82, 2.24) is 10.1 Å². The molecule has 2 aromatic rings. The quantitative estimate of drug-likeness (QED) is 0.618. The number of nitrogens with zero attached hydrogens (tertiary/aromatic N) is 3. The van der Waals surface area contributed by atoms with Gasteiger partial charge in [0, 0.05) is 11.8 Å². The van der Waals surface area contributed by atoms with E-state index in [2.05, 4.69) is 19.6 Å². The first-order chi connectivity index (χ1) is 8.91. The first-order valence-corrected chi connectivity index (χ1v) is 5.36. The van der Waals surface area contributed by atoms with Gasteiger partial charge in [-0.3, -0.25) is 0 Å². The van der Waals surface area contributed by atoms with Crippen LogP contribution in [0.5, 0.6) is 0 Å². The molecular weight excluding hydrogens is 258 g/mol. The van der Waals surface area contributed by atoms with E-state index in [1.807, 2.05) is 6.92 Å². The molecule has 19 heavy (non-hydrogen) atoms. The third-order valence-corrected chi connectivity index (χ3v) is 2.46. The topological polar surface area (TPSA) is 51.3 Å². The maximum atomic E-state index is 12.3. The Morgan fingerprint density at radius 3 is 2.63 bits per heavy atom. The summed E-state index contributed by atoms with van der Waals surface area (Å²) >= 11 is 0. The summed E-state index contributed by atoms with van der Waals surface area (Å²) in [4.78, 5) is 7.21. The van der Waals surface area contributed by atoms with Gasteiger partial charge in [0.1, 0.15) is 0 Å². The van der Waals surface area contributed by atoms with Crippen molar-refractivity contribution >= 4 is 14.2 Å². The Hall–Kier alpha value is -2.12. The van der Waals surface area contributed by atoms with Crippen molar-refractivity contribution in [2.45, 2.75) is 13.1 Å². The van der Waals surface area contributed by atoms with Gasteiger partial charge in [0.25, 0.3) is 0 Å². The van der Waals surface area contributed by atoms with Crippen molar-refractivity contribution in [1.29, 1.82) is 0 Å². The van der Waals surface area contributed by atoms with Crippen LogP contribution < -0.4 is 0 Å². The summed E-state index contributed by atoms with van der Waals surface area (Å²) in [5.41, 5.74) is 2.21. The minimum Gasteiger partial charge on any atom is -0.358 e. The van der Waals surface area contributed by atoms with Crippen LogP contribution in [0.2, 0.25) is 0 Å². The molecule has 0 spiro atoms. The highest BCUT2D eigenvalue weighted by molar-refractivity contribution is 6.11. The minimum atomic E-state index is -4.63. The first-order valence-electron chi connectivity index (χ1n) is 5.36. The van der Waals surface area contributed by atoms with E-state index >= 15 is 0 Å². The fraction of sp³-hybridized carbons (Fsp3) is 0.182. The van der Waals surface area contributed by atoms with E-state index in [-0.39, 0.29) is 5.82 Å². The van der Waals surface area contributed by atoms with E-state index in [1.165, 1.54) is 0 Å². The highest BCUT2D eigenvalue weighted by Gasteiger charge is 2.38. The van der Waals surface area contributed by atoms with Gasteiger partial charge in [0.05, 0.1) is 0 Å². The van der Waals surface area contributed by atoms with Crippen molar-refractivity contribution in [2.24, 2.45) is 4.90 Å². The van der Waals surface area contributed by atoms with Crippen LogP contribution in [0.25, 0.3) is 11.4 Å². The maximum Gasteiger partial charge on any atom is 0.471 e. The smallest absolute Gasteiger partial charge is 0.358 e. The van der Waals surface area contributed by atoms with Crippen LogP contribution in [0.3, 0.4) is 0 Å². The highest BCUT2D eigenvalue weighted by Crippen LogP contribution is 2.29. The van der Waals surface area contributed by atoms with Gasteiger partial charge in [-0.05, 0) is 24.1 Å². The van der Waals surface area contributed by atoms with Gasteiger partial charge in [-0.1, -0.05) is 17.3 Å². The third-order valence-electron chi connectivity index (χ3n) is 2.46. The lowest BCUT2D eigenvalue weighted by Gasteiger charge is -2.01. The van der Waals surface area contributed by atoms with Crippen LogP contribution >= 0.6 is 0 Å². The molecule has 0 aliphatic rings. The van der Waals surface area contributed by atoms with Gasteiger partial charge in [-0.15, -0.1) is 0 Å². The predicted molar refractivity (Wildman–Crippen MR) is 65.6 cm³/mol. The number of alkyl halides is 3. The fourth-order valence-electron chi connectivity index (χ4n) is 1.55. The van der Waals surface area contributed by atoms with Crippen molar-refractivity contribution in [3.8, 4) is 11.4 Å². The SMILES string of the molecule is B/N=C\c1ccc(-c2noc(C(F)(F)F)n2)cc1C. The molecule has 0 amide bonds. The second kappa shape index (κ2) is 4.87. The van der Waals surface area contributed by atoms with E-state index in [0.717, 1.165) is 11.1 Å². The number of hydrogen-bond acceptors (Lipinski definition) is 4. The Kier molecular flexibility index (Phi) is 3.41. The first kappa shape index (κ1) is 13.3. The summed E-state index contributed by atoms with van der Waals surface area (Å²) < 4.78 is 41.2. The Bertz CT molecular complexity index is 622. The predicted octanol–water partition coefficient (Wildman–Crippen LogP) is 2.03. The second-order valence-corrected chi connectivity index (χ2v) is 3.88. The summed E-state index contributed by atoms with van der Waals surface area (Å²) in [6.45, 7) is 1.82. The molecular formula is C11H9BF3N3O. The fourth-order valence-corrected chi connectivity index (χ4v) is 1.55. The van der Waals surface area contributed by atoms with Gasteiger partial charge in [-0.2, -0.15) is 18.2 Å². The third kappa shape index (κ3) is 2.83. The van der Waals surface area contributed by atoms with Crippen LogP contribution in [0.4, 0.5) is 13.2 Å². The number of aromatic nitrogens is 2. The van der Waals surface area contributed by atoms with Crippen LogP contribution in [-0.2, 0) is 6.18 Å². The van der Waals surface area contributed by atoms with Gasteiger partial charge in [-0.25, -0.2) is 0 Å². The number of halogens is 3. The van der Waals surface area contributed by atoms with E-state index in [9.17, 15) is 13.2 Å². The molecule has 2 rings (SSSR count). The van der Waals surface area contributed by atoms with Crippen LogP contribution in [0.15, 0.2) is 27.6 Å². The monoisotopic (exact) mass is 267 g/mol. The summed E-state index contributed by atoms with van der Waals surface area (Å²) in [7, 11) is 1.64. The lowest BCUT2D eigenvalue weighted by molar-refractivity contribution is -0.159. The molecule has 0 aliphatic carbocycles. The molecule has 1 aromatic heterocycles. The van der Waals surface area contributed by atoms with E-state index in [4.69, 9.17) is 0 Å². The molecule has 0 bridgehead atoms. The van der Waals surface area contributed by atoms with Crippen molar-refractivity contribution in [2.75, 3.05) is 0 Å². The zero-order valence-corrected chi connectivity index (χ0v) is 10.2. The molecule has 1 aromatic carbocycles. The van der Waals surface area contributed by atoms with Crippen LogP contribution in [0.1, 0.15) is 17.0 Å². The zero-order chi connectivity index (χ0) is 14.0. The van der Waals surface area contributed by atoms with Gasteiger partial charge >= 0.3 is 12.1 Å². The minimum absolute atomic E-state index is 0.0876. The van der Waals surface area contributed by atoms with Gasteiger partial charge < -0.3 is 9.43 Å². The number of aryl methyl sites for hydroxylation is 1. The largest absolute Gasteiger partial charge is 0.471 e. The number of benzene rings is 1. The lowest BCUT2D eigenvalue weighted by atomic mass is 10.1. The van der Waals surface area contributed by atoms with Crippen molar-refractivity contribution < 1.29 is 17.7 Å². The maximum absolute atomic E-state index is 12.3. The zero-order valence-electron chi connectivity index (χ0n) is 10.2. The Morgan fingerprint density at radius 2 is 2.11 bits per heavy atom. The molecule has 4 nitrogen and oxygen atoms in total. The van der Waals surface area contributed by atoms with Crippen LogP contribution in [0, 0.1) is 6.92 Å². The molecule has 0 atom stereocenters. The second-order valence-electron chi connectivity index (χ2n) is 3.88. The van der Waals surface area contributed by atoms with Crippen LogP contribution in [-0.4, -0.2) is 24.3 Å². The molecule has 0 N–H and O–H groups in total. The molecule has 0 fully saturated rings. The Balaban J connectivity index is 2.37. The molecule has 0 saturated carbocycles. The number of hydrogen-bond donors (Lipinski definition) is 0. The lowest BCUT2D eigenvalue weighted by Crippen LogP contribution is -2.04. The standard InChI is InChI=1S/C11H9BF3N3O/c1-6-4-7(2-3-8(6)5-16-12)9-17-10(19-18-9)11(13,14)15/h2-5H,12H2,1H3/b16-5-. The summed E-state index contributed by atoms with van der Waals surface area (Å²) in [5.74, 6) is -1.44. The molecule has 0 unspecified atom stereocenters. The normalized spacial score (nSPS) is 12.2. The molecule has 0 radical (unpaired) electrons. The van der Waals surface area contributed by atoms with Crippen molar-refractivity contribution in [3.05, 3.63) is 35.2 Å². The van der Waals surface area contributed by atoms with Gasteiger partial charge in [0.2, 0.25) is 13.8 Å². The van der Waals surface area contributed by atoms with Gasteiger partial charge in [0.15, 0.2) is 0 Å². The Labute approximate surface area is 107 Å². The summed E-state index contributed by atoms with van der Waals surface area (Å²) in [6, 6.07) is 5.04. The average Bonchev–Trinajstić information content (AvgIpc) is 2.81. The molecule has 0 saturated heterocycles. The van der Waals surface area contributed by atoms with E-state index < -0.39 is 12.1 Å².